The van der Waals surface area contributed by atoms with Gasteiger partial charge in [-0.3, -0.25) is 9.59 Å². The van der Waals surface area contributed by atoms with Crippen LogP contribution in [0.2, 0.25) is 0 Å². The molecule has 6 aliphatic rings. The molecule has 6 fully saturated rings. The van der Waals surface area contributed by atoms with E-state index in [9.17, 15) is 14.7 Å². The van der Waals surface area contributed by atoms with E-state index >= 15 is 0 Å². The number of aliphatic hydroxyl groups is 1. The van der Waals surface area contributed by atoms with Crippen molar-refractivity contribution in [3.63, 3.8) is 0 Å². The van der Waals surface area contributed by atoms with Crippen molar-refractivity contribution < 1.29 is 19.4 Å². The van der Waals surface area contributed by atoms with Gasteiger partial charge in [-0.1, -0.05) is 0 Å². The van der Waals surface area contributed by atoms with Crippen LogP contribution < -0.4 is 4.74 Å². The third-order valence-corrected chi connectivity index (χ3v) is 9.68. The average Bonchev–Trinajstić information content (AvgIpc) is 3.65. The van der Waals surface area contributed by atoms with Crippen molar-refractivity contribution in [1.29, 1.82) is 0 Å². The highest BCUT2D eigenvalue weighted by molar-refractivity contribution is 5.94. The van der Waals surface area contributed by atoms with Crippen LogP contribution in [0.25, 0.3) is 0 Å². The van der Waals surface area contributed by atoms with Crippen LogP contribution in [0, 0.1) is 29.6 Å². The van der Waals surface area contributed by atoms with Gasteiger partial charge in [0, 0.05) is 31.0 Å². The van der Waals surface area contributed by atoms with E-state index in [1.807, 2.05) is 36.2 Å². The van der Waals surface area contributed by atoms with E-state index in [0.717, 1.165) is 82.8 Å². The maximum atomic E-state index is 13.3. The Balaban J connectivity index is 1.02. The van der Waals surface area contributed by atoms with Gasteiger partial charge in [-0.25, -0.2) is 0 Å². The van der Waals surface area contributed by atoms with Crippen LogP contribution in [-0.2, 0) is 4.79 Å². The van der Waals surface area contributed by atoms with E-state index < -0.39 is 5.60 Å². The summed E-state index contributed by atoms with van der Waals surface area (Å²) in [5.41, 5.74) is 0.242. The average molecular weight is 466 g/mol. The predicted molar refractivity (Wildman–Crippen MR) is 130 cm³/mol. The standard InChI is InChI=1S/C29H39NO4/c1-30(27-22-12-19-13-23(27)17-29(33,15-19)16-22)28(32)21-6-10-25(11-7-21)34-24-8-2-18(3-9-24)14-26(31)20-4-5-20/h6-7,10-11,18-20,22-24,27,33H,2-5,8-9,12-17H2,1H3. The zero-order valence-corrected chi connectivity index (χ0v) is 20.5. The van der Waals surface area contributed by atoms with Crippen LogP contribution in [0.5, 0.6) is 5.75 Å². The van der Waals surface area contributed by atoms with E-state index in [2.05, 4.69) is 0 Å². The maximum absolute atomic E-state index is 13.3. The number of nitrogens with zero attached hydrogens (tertiary/aromatic N) is 1. The Morgan fingerprint density at radius 1 is 0.971 bits per heavy atom. The third-order valence-electron chi connectivity index (χ3n) is 9.68. The molecule has 6 saturated carbocycles. The van der Waals surface area contributed by atoms with E-state index in [0.29, 0.717) is 40.9 Å². The van der Waals surface area contributed by atoms with Gasteiger partial charge >= 0.3 is 0 Å². The molecule has 184 valence electrons. The Morgan fingerprint density at radius 3 is 2.21 bits per heavy atom. The number of hydrogen-bond acceptors (Lipinski definition) is 4. The first-order valence-corrected chi connectivity index (χ1v) is 13.7. The Hall–Kier alpha value is -1.88. The lowest BCUT2D eigenvalue weighted by molar-refractivity contribution is -0.152. The summed E-state index contributed by atoms with van der Waals surface area (Å²) >= 11 is 0. The lowest BCUT2D eigenvalue weighted by Gasteiger charge is -2.59. The Morgan fingerprint density at radius 2 is 1.62 bits per heavy atom. The molecule has 6 aliphatic carbocycles. The van der Waals surface area contributed by atoms with E-state index in [1.54, 1.807) is 0 Å². The van der Waals surface area contributed by atoms with Crippen molar-refractivity contribution in [3.8, 4) is 5.75 Å². The summed E-state index contributed by atoms with van der Waals surface area (Å²) < 4.78 is 6.23. The number of ketones is 1. The minimum atomic E-state index is -0.470. The molecule has 34 heavy (non-hydrogen) atoms. The quantitative estimate of drug-likeness (QED) is 0.615. The molecule has 2 atom stereocenters. The molecule has 0 radical (unpaired) electrons. The molecule has 0 spiro atoms. The van der Waals surface area contributed by atoms with Crippen LogP contribution in [0.3, 0.4) is 0 Å². The largest absolute Gasteiger partial charge is 0.490 e. The molecule has 5 nitrogen and oxygen atoms in total. The van der Waals surface area contributed by atoms with Crippen LogP contribution in [0.15, 0.2) is 24.3 Å². The first-order chi connectivity index (χ1) is 16.4. The zero-order chi connectivity index (χ0) is 23.4. The van der Waals surface area contributed by atoms with Crippen molar-refractivity contribution >= 4 is 11.7 Å². The molecule has 7 rings (SSSR count). The van der Waals surface area contributed by atoms with Gasteiger partial charge < -0.3 is 14.7 Å². The lowest BCUT2D eigenvalue weighted by atomic mass is 9.52. The fraction of sp³-hybridized carbons (Fsp3) is 0.724. The molecule has 0 heterocycles. The number of carbonyl (C=O) groups is 2. The normalized spacial score (nSPS) is 38.5. The van der Waals surface area contributed by atoms with E-state index in [-0.39, 0.29) is 18.1 Å². The van der Waals surface area contributed by atoms with Gasteiger partial charge in [-0.2, -0.15) is 0 Å². The van der Waals surface area contributed by atoms with Gasteiger partial charge in [0.2, 0.25) is 0 Å². The predicted octanol–water partition coefficient (Wildman–Crippen LogP) is 5.01. The van der Waals surface area contributed by atoms with Gasteiger partial charge in [0.1, 0.15) is 11.5 Å². The van der Waals surface area contributed by atoms with Crippen LogP contribution in [-0.4, -0.2) is 46.5 Å². The number of Topliss-reactive ketones (excluding diaryl/α,β-unsaturated/α-hetero) is 1. The van der Waals surface area contributed by atoms with Crippen molar-refractivity contribution in [1.82, 2.24) is 4.90 Å². The van der Waals surface area contributed by atoms with Crippen LogP contribution >= 0.6 is 0 Å². The highest BCUT2D eigenvalue weighted by Gasteiger charge is 2.56. The molecule has 1 aromatic rings. The second kappa shape index (κ2) is 8.65. The van der Waals surface area contributed by atoms with Gasteiger partial charge in [0.05, 0.1) is 11.7 Å². The molecular formula is C29H39NO4. The minimum Gasteiger partial charge on any atom is -0.490 e. The number of benzene rings is 1. The van der Waals surface area contributed by atoms with Crippen molar-refractivity contribution in [2.75, 3.05) is 7.05 Å². The Labute approximate surface area is 203 Å². The first kappa shape index (κ1) is 22.6. The molecule has 4 bridgehead atoms. The Bertz CT molecular complexity index is 914. The number of hydrogen-bond donors (Lipinski definition) is 1. The fourth-order valence-electron chi connectivity index (χ4n) is 8.10. The molecule has 2 unspecified atom stereocenters. The topological polar surface area (TPSA) is 66.8 Å². The zero-order valence-electron chi connectivity index (χ0n) is 20.5. The van der Waals surface area contributed by atoms with Crippen LogP contribution in [0.1, 0.15) is 87.4 Å². The van der Waals surface area contributed by atoms with Gasteiger partial charge in [0.15, 0.2) is 0 Å². The van der Waals surface area contributed by atoms with Crippen molar-refractivity contribution in [3.05, 3.63) is 29.8 Å². The summed E-state index contributed by atoms with van der Waals surface area (Å²) in [5.74, 6) is 3.82. The van der Waals surface area contributed by atoms with E-state index in [4.69, 9.17) is 4.74 Å². The SMILES string of the molecule is CN(C(=O)c1ccc(OC2CCC(CC(=O)C3CC3)CC2)cc1)C1C2CC3CC1CC(O)(C3)C2. The summed E-state index contributed by atoms with van der Waals surface area (Å²) in [6.07, 6.45) is 12.3. The summed E-state index contributed by atoms with van der Waals surface area (Å²) in [7, 11) is 1.95. The molecule has 0 aliphatic heterocycles. The number of ether oxygens (including phenoxy) is 1. The van der Waals surface area contributed by atoms with E-state index in [1.165, 1.54) is 0 Å². The van der Waals surface area contributed by atoms with Crippen LogP contribution in [0.4, 0.5) is 0 Å². The maximum Gasteiger partial charge on any atom is 0.253 e. The van der Waals surface area contributed by atoms with Crippen molar-refractivity contribution in [2.24, 2.45) is 29.6 Å². The third kappa shape index (κ3) is 4.41. The van der Waals surface area contributed by atoms with Crippen molar-refractivity contribution in [2.45, 2.75) is 94.8 Å². The first-order valence-electron chi connectivity index (χ1n) is 13.7. The number of amides is 1. The molecule has 0 aromatic heterocycles. The number of carbonyl (C=O) groups excluding carboxylic acids is 2. The fourth-order valence-corrected chi connectivity index (χ4v) is 8.10. The molecule has 1 amide bonds. The summed E-state index contributed by atoms with van der Waals surface area (Å²) in [6, 6.07) is 7.92. The monoisotopic (exact) mass is 465 g/mol. The molecule has 5 heteroatoms. The van der Waals surface area contributed by atoms with Gasteiger partial charge in [-0.05, 0) is 119 Å². The summed E-state index contributed by atoms with van der Waals surface area (Å²) in [4.78, 5) is 27.4. The minimum absolute atomic E-state index is 0.0804. The highest BCUT2D eigenvalue weighted by Crippen LogP contribution is 2.56. The Kier molecular flexibility index (Phi) is 5.75. The van der Waals surface area contributed by atoms with Gasteiger partial charge in [-0.15, -0.1) is 0 Å². The number of rotatable bonds is 7. The lowest BCUT2D eigenvalue weighted by Crippen LogP contribution is -2.61. The molecule has 0 saturated heterocycles. The molecule has 1 N–H and O–H groups in total. The molecular weight excluding hydrogens is 426 g/mol. The van der Waals surface area contributed by atoms with Gasteiger partial charge in [0.25, 0.3) is 5.91 Å². The molecule has 1 aromatic carbocycles. The second-order valence-electron chi connectivity index (χ2n) is 12.3. The summed E-state index contributed by atoms with van der Waals surface area (Å²) in [6.45, 7) is 0. The highest BCUT2D eigenvalue weighted by atomic mass is 16.5. The second-order valence-corrected chi connectivity index (χ2v) is 12.3. The smallest absolute Gasteiger partial charge is 0.253 e. The summed E-state index contributed by atoms with van der Waals surface area (Å²) in [5, 5.41) is 10.9.